The molecule has 0 spiro atoms. The first-order chi connectivity index (χ1) is 16.5. The number of hydrogen-bond donors (Lipinski definition) is 1. The quantitative estimate of drug-likeness (QED) is 0.233. The van der Waals surface area contributed by atoms with Crippen LogP contribution in [0, 0.1) is 29.6 Å². The Labute approximate surface area is 197 Å². The molecule has 0 atom stereocenters. The number of imide groups is 1. The Morgan fingerprint density at radius 2 is 1.82 bits per heavy atom. The number of carbonyl (C=O) groups is 2. The fourth-order valence-electron chi connectivity index (χ4n) is 2.99. The molecule has 10 heteroatoms. The van der Waals surface area contributed by atoms with Crippen LogP contribution in [-0.2, 0) is 9.59 Å². The number of nitrogens with zero attached hydrogens (tertiary/aromatic N) is 6. The predicted molar refractivity (Wildman–Crippen MR) is 126 cm³/mol. The number of hydrogen-bond acceptors (Lipinski definition) is 7. The van der Waals surface area contributed by atoms with E-state index in [1.807, 2.05) is 17.9 Å². The van der Waals surface area contributed by atoms with E-state index in [-0.39, 0.29) is 12.3 Å². The lowest BCUT2D eigenvalue weighted by atomic mass is 10.1. The molecule has 2 rings (SSSR count). The lowest BCUT2D eigenvalue weighted by Gasteiger charge is -2.23. The summed E-state index contributed by atoms with van der Waals surface area (Å²) in [6.45, 7) is 2.39. The Balaban J connectivity index is 2.14. The highest BCUT2D eigenvalue weighted by atomic mass is 16.5. The molecule has 2 amide bonds. The molecule has 0 heterocycles. The average Bonchev–Trinajstić information content (AvgIpc) is 2.84. The number of anilines is 1. The molecule has 2 aromatic carbocycles. The molecule has 172 valence electrons. The number of azide groups is 1. The molecule has 0 unspecified atom stereocenters. The van der Waals surface area contributed by atoms with Gasteiger partial charge in [0.15, 0.2) is 6.61 Å². The van der Waals surface area contributed by atoms with Crippen molar-refractivity contribution in [1.82, 2.24) is 5.32 Å². The summed E-state index contributed by atoms with van der Waals surface area (Å²) in [5.74, 6) is -1.07. The maximum Gasteiger partial charge on any atom is 0.264 e. The summed E-state index contributed by atoms with van der Waals surface area (Å²) < 4.78 is 5.31. The van der Waals surface area contributed by atoms with Crippen LogP contribution < -0.4 is 15.0 Å². The Morgan fingerprint density at radius 3 is 2.41 bits per heavy atom. The van der Waals surface area contributed by atoms with Crippen molar-refractivity contribution in [3.8, 4) is 17.9 Å². The maximum atomic E-state index is 12.5. The zero-order valence-corrected chi connectivity index (χ0v) is 18.6. The zero-order valence-electron chi connectivity index (χ0n) is 18.6. The molecular weight excluding hydrogens is 434 g/mol. The second-order valence-electron chi connectivity index (χ2n) is 7.04. The molecule has 0 bridgehead atoms. The van der Waals surface area contributed by atoms with E-state index in [1.54, 1.807) is 42.5 Å². The Kier molecular flexibility index (Phi) is 10.2. The monoisotopic (exact) mass is 457 g/mol. The van der Waals surface area contributed by atoms with Crippen LogP contribution >= 0.6 is 0 Å². The van der Waals surface area contributed by atoms with E-state index in [0.717, 1.165) is 11.3 Å². The number of aryl methyl sites for hydroxylation is 1. The number of ether oxygens (including phenoxy) is 1. The maximum absolute atomic E-state index is 12.5. The average molecular weight is 457 g/mol. The van der Waals surface area contributed by atoms with Crippen molar-refractivity contribution in [1.29, 1.82) is 10.5 Å². The molecule has 0 fully saturated rings. The Morgan fingerprint density at radius 1 is 1.15 bits per heavy atom. The lowest BCUT2D eigenvalue weighted by molar-refractivity contribution is -0.129. The third kappa shape index (κ3) is 8.04. The predicted octanol–water partition coefficient (Wildman–Crippen LogP) is 4.00. The van der Waals surface area contributed by atoms with Crippen molar-refractivity contribution in [2.75, 3.05) is 24.6 Å². The van der Waals surface area contributed by atoms with Gasteiger partial charge in [-0.05, 0) is 53.9 Å². The molecule has 1 N–H and O–H groups in total. The number of carbonyl (C=O) groups excluding carboxylic acids is 2. The summed E-state index contributed by atoms with van der Waals surface area (Å²) in [5.41, 5.74) is 10.8. The number of amides is 2. The fraction of sp³-hybridized carbons (Fsp3) is 0.250. The topological polar surface area (TPSA) is 155 Å². The van der Waals surface area contributed by atoms with Crippen molar-refractivity contribution in [3.05, 3.63) is 75.8 Å². The number of nitrogens with one attached hydrogen (secondary N) is 1. The second-order valence-corrected chi connectivity index (χ2v) is 7.04. The molecule has 0 saturated heterocycles. The van der Waals surface area contributed by atoms with Crippen LogP contribution in [0.5, 0.6) is 5.75 Å². The lowest BCUT2D eigenvalue weighted by Crippen LogP contribution is -2.34. The molecule has 2 aromatic rings. The molecule has 0 saturated carbocycles. The summed E-state index contributed by atoms with van der Waals surface area (Å²) in [7, 11) is 0. The number of nitriles is 2. The van der Waals surface area contributed by atoms with Gasteiger partial charge >= 0.3 is 0 Å². The van der Waals surface area contributed by atoms with Crippen molar-refractivity contribution in [2.24, 2.45) is 5.11 Å². The molecule has 0 aliphatic rings. The van der Waals surface area contributed by atoms with Gasteiger partial charge in [0.05, 0.1) is 25.0 Å². The zero-order chi connectivity index (χ0) is 24.8. The van der Waals surface area contributed by atoms with Gasteiger partial charge < -0.3 is 9.64 Å². The molecule has 0 radical (unpaired) electrons. The SMILES string of the molecule is Cc1cc(N(CCC#N)CCC#N)ccc1/C=C(/N=[N+]=[N-])C(=O)NC(=O)COc1ccccc1. The third-order valence-corrected chi connectivity index (χ3v) is 4.65. The second kappa shape index (κ2) is 13.6. The van der Waals surface area contributed by atoms with Gasteiger partial charge in [0.1, 0.15) is 11.4 Å². The van der Waals surface area contributed by atoms with E-state index in [1.165, 1.54) is 6.08 Å². The van der Waals surface area contributed by atoms with Crippen molar-refractivity contribution in [3.63, 3.8) is 0 Å². The van der Waals surface area contributed by atoms with Gasteiger partial charge in [0.2, 0.25) is 0 Å². The van der Waals surface area contributed by atoms with Crippen molar-refractivity contribution in [2.45, 2.75) is 19.8 Å². The number of benzene rings is 2. The molecule has 0 aliphatic carbocycles. The summed E-state index contributed by atoms with van der Waals surface area (Å²) in [6, 6.07) is 18.2. The Hall–Kier alpha value is -4.79. The van der Waals surface area contributed by atoms with Gasteiger partial charge in [-0.2, -0.15) is 10.5 Å². The minimum absolute atomic E-state index is 0.280. The van der Waals surface area contributed by atoms with E-state index >= 15 is 0 Å². The van der Waals surface area contributed by atoms with Crippen LogP contribution in [0.25, 0.3) is 16.5 Å². The highest BCUT2D eigenvalue weighted by Gasteiger charge is 2.14. The van der Waals surface area contributed by atoms with Crippen LogP contribution in [0.2, 0.25) is 0 Å². The fourth-order valence-corrected chi connectivity index (χ4v) is 2.99. The molecule has 0 aromatic heterocycles. The van der Waals surface area contributed by atoms with Crippen LogP contribution in [0.4, 0.5) is 5.69 Å². The van der Waals surface area contributed by atoms with E-state index < -0.39 is 11.8 Å². The first-order valence-corrected chi connectivity index (χ1v) is 10.4. The van der Waals surface area contributed by atoms with Gasteiger partial charge in [-0.15, -0.1) is 0 Å². The summed E-state index contributed by atoms with van der Waals surface area (Å²) in [6.07, 6.45) is 2.01. The van der Waals surface area contributed by atoms with Gasteiger partial charge in [0, 0.05) is 23.7 Å². The first kappa shape index (κ1) is 25.5. The van der Waals surface area contributed by atoms with E-state index in [2.05, 4.69) is 27.5 Å². The van der Waals surface area contributed by atoms with E-state index in [0.29, 0.717) is 37.2 Å². The summed E-state index contributed by atoms with van der Waals surface area (Å²) >= 11 is 0. The molecule has 10 nitrogen and oxygen atoms in total. The summed E-state index contributed by atoms with van der Waals surface area (Å²) in [4.78, 5) is 29.2. The van der Waals surface area contributed by atoms with Crippen LogP contribution in [0.3, 0.4) is 0 Å². The standard InChI is InChI=1S/C24H23N7O3/c1-18-15-20(31(13-5-11-25)14-6-12-26)10-9-19(18)16-22(29-30-27)24(33)28-23(32)17-34-21-7-3-2-4-8-21/h2-4,7-10,15-16H,5-6,13-14,17H2,1H3,(H,28,32,33)/b22-16+. The van der Waals surface area contributed by atoms with Crippen LogP contribution in [0.1, 0.15) is 24.0 Å². The Bertz CT molecular complexity index is 1160. The largest absolute Gasteiger partial charge is 0.484 e. The molecular formula is C24H23N7O3. The van der Waals surface area contributed by atoms with Gasteiger partial charge in [-0.3, -0.25) is 14.9 Å². The minimum Gasteiger partial charge on any atom is -0.484 e. The minimum atomic E-state index is -0.854. The smallest absolute Gasteiger partial charge is 0.264 e. The third-order valence-electron chi connectivity index (χ3n) is 4.65. The first-order valence-electron chi connectivity index (χ1n) is 10.4. The van der Waals surface area contributed by atoms with Gasteiger partial charge in [-0.1, -0.05) is 29.4 Å². The normalized spacial score (nSPS) is 10.3. The van der Waals surface area contributed by atoms with Crippen LogP contribution in [-0.4, -0.2) is 31.5 Å². The highest BCUT2D eigenvalue weighted by molar-refractivity contribution is 6.06. The number of para-hydroxylation sites is 1. The van der Waals surface area contributed by atoms with Crippen molar-refractivity contribution >= 4 is 23.6 Å². The summed E-state index contributed by atoms with van der Waals surface area (Å²) in [5, 5.41) is 23.3. The van der Waals surface area contributed by atoms with E-state index in [9.17, 15) is 9.59 Å². The van der Waals surface area contributed by atoms with Gasteiger partial charge in [-0.25, -0.2) is 0 Å². The van der Waals surface area contributed by atoms with Crippen molar-refractivity contribution < 1.29 is 14.3 Å². The van der Waals surface area contributed by atoms with Gasteiger partial charge in [0.25, 0.3) is 11.8 Å². The molecule has 0 aliphatic heterocycles. The highest BCUT2D eigenvalue weighted by Crippen LogP contribution is 2.22. The van der Waals surface area contributed by atoms with Crippen LogP contribution in [0.15, 0.2) is 59.3 Å². The molecule has 34 heavy (non-hydrogen) atoms. The van der Waals surface area contributed by atoms with E-state index in [4.69, 9.17) is 20.8 Å². The number of rotatable bonds is 11.